The van der Waals surface area contributed by atoms with E-state index in [1.807, 2.05) is 0 Å². The molecule has 0 bridgehead atoms. The van der Waals surface area contributed by atoms with Crippen molar-refractivity contribution in [3.8, 4) is 11.3 Å². The quantitative estimate of drug-likeness (QED) is 0.887. The number of hydrogen-bond donors (Lipinski definition) is 1. The Balaban J connectivity index is 1.39. The molecule has 0 atom stereocenters. The highest BCUT2D eigenvalue weighted by Crippen LogP contribution is 2.37. The Kier molecular flexibility index (Phi) is 4.93. The molecule has 1 aromatic carbocycles. The minimum atomic E-state index is 0.407. The number of nitrogens with two attached hydrogens (primary N) is 1. The van der Waals surface area contributed by atoms with Gasteiger partial charge in [-0.3, -0.25) is 0 Å². The number of nitrogen functional groups attached to an aromatic ring is 1. The minimum Gasteiger partial charge on any atom is -0.368 e. The summed E-state index contributed by atoms with van der Waals surface area (Å²) in [7, 11) is 0. The normalized spacial score (nSPS) is 20.6. The molecule has 0 radical (unpaired) electrons. The second-order valence-electron chi connectivity index (χ2n) is 8.68. The van der Waals surface area contributed by atoms with E-state index in [-0.39, 0.29) is 0 Å². The lowest BCUT2D eigenvalue weighted by Crippen LogP contribution is -2.39. The van der Waals surface area contributed by atoms with Gasteiger partial charge in [0.25, 0.3) is 0 Å². The number of aryl methyl sites for hydroxylation is 1. The number of nitrogens with zero attached hydrogens (tertiary/aromatic N) is 4. The summed E-state index contributed by atoms with van der Waals surface area (Å²) >= 11 is 0. The summed E-state index contributed by atoms with van der Waals surface area (Å²) in [5.41, 5.74) is 11.2. The van der Waals surface area contributed by atoms with Crippen LogP contribution in [0.3, 0.4) is 0 Å². The molecule has 2 fully saturated rings. The van der Waals surface area contributed by atoms with Crippen molar-refractivity contribution in [2.24, 2.45) is 5.92 Å². The molecule has 2 N–H and O–H groups in total. The van der Waals surface area contributed by atoms with Gasteiger partial charge in [0.05, 0.1) is 5.69 Å². The number of likely N-dealkylation sites (tertiary alicyclic amines) is 1. The fourth-order valence-electron chi connectivity index (χ4n) is 5.29. The molecule has 3 aliphatic rings. The molecule has 0 amide bonds. The van der Waals surface area contributed by atoms with Gasteiger partial charge in [-0.2, -0.15) is 4.98 Å². The Morgan fingerprint density at radius 3 is 2.54 bits per heavy atom. The van der Waals surface area contributed by atoms with Crippen LogP contribution in [0.1, 0.15) is 43.2 Å². The number of hydrogen-bond acceptors (Lipinski definition) is 5. The highest BCUT2D eigenvalue weighted by molar-refractivity contribution is 5.74. The summed E-state index contributed by atoms with van der Waals surface area (Å²) in [5, 5.41) is 0. The van der Waals surface area contributed by atoms with Crippen molar-refractivity contribution < 1.29 is 0 Å². The zero-order chi connectivity index (χ0) is 18.9. The summed E-state index contributed by atoms with van der Waals surface area (Å²) in [6.07, 6.45) is 8.56. The standard InChI is InChI=1S/C23H31N5/c24-23-25-21-19-8-2-1-6-18(19)7-5-9-20(21)22(26-23)28-14-10-17(11-15-28)16-27-12-3-4-13-27/h1-2,6,8,17H,3-5,7,9-16H2,(H2,24,25,26). The Hall–Kier alpha value is -2.14. The Morgan fingerprint density at radius 2 is 1.71 bits per heavy atom. The molecular formula is C23H31N5. The van der Waals surface area contributed by atoms with E-state index in [2.05, 4.69) is 39.0 Å². The first-order valence-corrected chi connectivity index (χ1v) is 11.0. The van der Waals surface area contributed by atoms with Crippen LogP contribution >= 0.6 is 0 Å². The van der Waals surface area contributed by atoms with Crippen molar-refractivity contribution in [2.75, 3.05) is 43.4 Å². The van der Waals surface area contributed by atoms with E-state index in [1.165, 1.54) is 62.0 Å². The average molecular weight is 378 g/mol. The predicted octanol–water partition coefficient (Wildman–Crippen LogP) is 3.53. The summed E-state index contributed by atoms with van der Waals surface area (Å²) in [6, 6.07) is 8.65. The van der Waals surface area contributed by atoms with Crippen LogP contribution in [0, 0.1) is 5.92 Å². The number of piperidine rings is 1. The van der Waals surface area contributed by atoms with Gasteiger partial charge in [-0.15, -0.1) is 0 Å². The van der Waals surface area contributed by atoms with Gasteiger partial charge in [0.15, 0.2) is 0 Å². The number of anilines is 2. The molecule has 28 heavy (non-hydrogen) atoms. The number of benzene rings is 1. The van der Waals surface area contributed by atoms with E-state index in [1.54, 1.807) is 0 Å². The largest absolute Gasteiger partial charge is 0.368 e. The predicted molar refractivity (Wildman–Crippen MR) is 115 cm³/mol. The third-order valence-corrected chi connectivity index (χ3v) is 6.78. The fourth-order valence-corrected chi connectivity index (χ4v) is 5.29. The highest BCUT2D eigenvalue weighted by atomic mass is 15.2. The van der Waals surface area contributed by atoms with Gasteiger partial charge in [-0.1, -0.05) is 24.3 Å². The van der Waals surface area contributed by atoms with Gasteiger partial charge < -0.3 is 15.5 Å². The first-order chi connectivity index (χ1) is 13.8. The maximum absolute atomic E-state index is 6.18. The zero-order valence-corrected chi connectivity index (χ0v) is 16.7. The van der Waals surface area contributed by atoms with Crippen LogP contribution in [0.4, 0.5) is 11.8 Å². The monoisotopic (exact) mass is 377 g/mol. The molecule has 0 spiro atoms. The van der Waals surface area contributed by atoms with Crippen LogP contribution < -0.4 is 10.6 Å². The molecule has 5 nitrogen and oxygen atoms in total. The summed E-state index contributed by atoms with van der Waals surface area (Å²) in [4.78, 5) is 14.6. The van der Waals surface area contributed by atoms with Gasteiger partial charge in [0.2, 0.25) is 5.95 Å². The van der Waals surface area contributed by atoms with Crippen molar-refractivity contribution in [1.29, 1.82) is 0 Å². The molecular weight excluding hydrogens is 346 g/mol. The molecule has 5 rings (SSSR count). The summed E-state index contributed by atoms with van der Waals surface area (Å²) < 4.78 is 0. The Bertz CT molecular complexity index is 835. The first kappa shape index (κ1) is 17.9. The third kappa shape index (κ3) is 3.48. The molecule has 1 aromatic heterocycles. The van der Waals surface area contributed by atoms with Crippen LogP contribution in [0.5, 0.6) is 0 Å². The lowest BCUT2D eigenvalue weighted by Gasteiger charge is -2.35. The van der Waals surface area contributed by atoms with Gasteiger partial charge in [0.1, 0.15) is 5.82 Å². The molecule has 148 valence electrons. The topological polar surface area (TPSA) is 58.3 Å². The van der Waals surface area contributed by atoms with Crippen molar-refractivity contribution in [3.05, 3.63) is 35.4 Å². The van der Waals surface area contributed by atoms with Crippen LogP contribution in [0.15, 0.2) is 24.3 Å². The lowest BCUT2D eigenvalue weighted by molar-refractivity contribution is 0.249. The van der Waals surface area contributed by atoms with Crippen molar-refractivity contribution in [1.82, 2.24) is 14.9 Å². The minimum absolute atomic E-state index is 0.407. The molecule has 2 aromatic rings. The Morgan fingerprint density at radius 1 is 0.929 bits per heavy atom. The first-order valence-electron chi connectivity index (χ1n) is 11.0. The van der Waals surface area contributed by atoms with E-state index in [0.717, 1.165) is 49.8 Å². The van der Waals surface area contributed by atoms with Crippen LogP contribution in [-0.2, 0) is 12.8 Å². The molecule has 2 aliphatic heterocycles. The summed E-state index contributed by atoms with van der Waals surface area (Å²) in [6.45, 7) is 6.06. The lowest BCUT2D eigenvalue weighted by atomic mass is 9.95. The molecule has 3 heterocycles. The van der Waals surface area contributed by atoms with Gasteiger partial charge in [-0.25, -0.2) is 4.98 Å². The van der Waals surface area contributed by atoms with E-state index < -0.39 is 0 Å². The second-order valence-corrected chi connectivity index (χ2v) is 8.68. The van der Waals surface area contributed by atoms with Crippen molar-refractivity contribution >= 4 is 11.8 Å². The molecule has 5 heteroatoms. The number of rotatable bonds is 3. The van der Waals surface area contributed by atoms with E-state index >= 15 is 0 Å². The van der Waals surface area contributed by atoms with Crippen molar-refractivity contribution in [3.63, 3.8) is 0 Å². The number of aromatic nitrogens is 2. The smallest absolute Gasteiger partial charge is 0.222 e. The molecule has 2 saturated heterocycles. The van der Waals surface area contributed by atoms with Gasteiger partial charge in [0, 0.05) is 30.8 Å². The van der Waals surface area contributed by atoms with Crippen molar-refractivity contribution in [2.45, 2.75) is 44.9 Å². The summed E-state index contributed by atoms with van der Waals surface area (Å²) in [5.74, 6) is 2.33. The molecule has 0 unspecified atom stereocenters. The zero-order valence-electron chi connectivity index (χ0n) is 16.7. The SMILES string of the molecule is Nc1nc2c(c(N3CCC(CN4CCCC4)CC3)n1)CCCc1ccccc1-2. The maximum Gasteiger partial charge on any atom is 0.222 e. The van der Waals surface area contributed by atoms with E-state index in [0.29, 0.717) is 5.95 Å². The second kappa shape index (κ2) is 7.70. The third-order valence-electron chi connectivity index (χ3n) is 6.78. The van der Waals surface area contributed by atoms with Crippen LogP contribution in [0.25, 0.3) is 11.3 Å². The average Bonchev–Trinajstić information content (AvgIpc) is 3.15. The molecule has 1 aliphatic carbocycles. The van der Waals surface area contributed by atoms with Crippen LogP contribution in [0.2, 0.25) is 0 Å². The number of fused-ring (bicyclic) bond motifs is 3. The highest BCUT2D eigenvalue weighted by Gasteiger charge is 2.27. The molecule has 0 saturated carbocycles. The van der Waals surface area contributed by atoms with Gasteiger partial charge >= 0.3 is 0 Å². The van der Waals surface area contributed by atoms with Crippen LogP contribution in [-0.4, -0.2) is 47.6 Å². The van der Waals surface area contributed by atoms with E-state index in [4.69, 9.17) is 10.7 Å². The van der Waals surface area contributed by atoms with E-state index in [9.17, 15) is 0 Å². The van der Waals surface area contributed by atoms with Gasteiger partial charge in [-0.05, 0) is 69.5 Å². The fraction of sp³-hybridized carbons (Fsp3) is 0.565. The Labute approximate surface area is 168 Å². The maximum atomic E-state index is 6.18.